The second-order valence-corrected chi connectivity index (χ2v) is 6.82. The Hall–Kier alpha value is -0.730. The van der Waals surface area contributed by atoms with Crippen LogP contribution in [0.5, 0.6) is 0 Å². The van der Waals surface area contributed by atoms with E-state index >= 15 is 0 Å². The molecule has 1 N–H and O–H groups in total. The van der Waals surface area contributed by atoms with Crippen molar-refractivity contribution in [3.63, 3.8) is 0 Å². The van der Waals surface area contributed by atoms with Crippen molar-refractivity contribution in [2.45, 2.75) is 40.7 Å². The van der Waals surface area contributed by atoms with Gasteiger partial charge in [-0.3, -0.25) is 0 Å². The van der Waals surface area contributed by atoms with Gasteiger partial charge < -0.3 is 10.2 Å². The molecule has 0 unspecified atom stereocenters. The summed E-state index contributed by atoms with van der Waals surface area (Å²) in [5, 5.41) is 4.29. The fourth-order valence-corrected chi connectivity index (χ4v) is 2.39. The van der Waals surface area contributed by atoms with Gasteiger partial charge in [0.15, 0.2) is 0 Å². The lowest BCUT2D eigenvalue weighted by Crippen LogP contribution is -2.21. The van der Waals surface area contributed by atoms with Crippen LogP contribution < -0.4 is 10.2 Å². The van der Waals surface area contributed by atoms with Crippen molar-refractivity contribution in [2.75, 3.05) is 25.0 Å². The van der Waals surface area contributed by atoms with E-state index in [1.165, 1.54) is 12.0 Å². The highest BCUT2D eigenvalue weighted by Crippen LogP contribution is 2.26. The van der Waals surface area contributed by atoms with Gasteiger partial charge >= 0.3 is 0 Å². The molecule has 1 aromatic carbocycles. The third kappa shape index (κ3) is 6.15. The minimum atomic E-state index is 0.673. The van der Waals surface area contributed by atoms with Gasteiger partial charge in [0.05, 0.1) is 10.7 Å². The lowest BCUT2D eigenvalue weighted by atomic mass is 10.1. The van der Waals surface area contributed by atoms with Crippen molar-refractivity contribution in [3.05, 3.63) is 28.8 Å². The molecule has 0 radical (unpaired) electrons. The number of halogens is 1. The summed E-state index contributed by atoms with van der Waals surface area (Å²) in [6.45, 7) is 11.9. The molecule has 3 heteroatoms. The Balaban J connectivity index is 2.58. The third-order valence-electron chi connectivity index (χ3n) is 3.35. The van der Waals surface area contributed by atoms with Crippen LogP contribution in [0.1, 0.15) is 39.7 Å². The highest BCUT2D eigenvalue weighted by molar-refractivity contribution is 6.33. The number of benzene rings is 1. The molecule has 1 rings (SSSR count). The van der Waals surface area contributed by atoms with E-state index in [4.69, 9.17) is 11.6 Å². The zero-order valence-electron chi connectivity index (χ0n) is 13.5. The van der Waals surface area contributed by atoms with Crippen molar-refractivity contribution in [1.82, 2.24) is 5.32 Å². The molecule has 2 nitrogen and oxygen atoms in total. The van der Waals surface area contributed by atoms with Gasteiger partial charge in [0, 0.05) is 20.1 Å². The number of anilines is 1. The molecular weight excluding hydrogens is 268 g/mol. The molecule has 0 aliphatic carbocycles. The molecule has 0 aliphatic heterocycles. The Kier molecular flexibility index (Phi) is 7.39. The quantitative estimate of drug-likeness (QED) is 0.756. The van der Waals surface area contributed by atoms with E-state index in [1.807, 2.05) is 0 Å². The molecule has 0 saturated carbocycles. The van der Waals surface area contributed by atoms with Gasteiger partial charge in [-0.1, -0.05) is 45.4 Å². The smallest absolute Gasteiger partial charge is 0.0642 e. The normalized spacial score (nSPS) is 11.4. The first kappa shape index (κ1) is 17.3. The fraction of sp³-hybridized carbons (Fsp3) is 0.647. The molecule has 0 amide bonds. The summed E-state index contributed by atoms with van der Waals surface area (Å²) in [6, 6.07) is 6.38. The molecule has 0 bridgehead atoms. The topological polar surface area (TPSA) is 15.3 Å². The van der Waals surface area contributed by atoms with Gasteiger partial charge in [-0.15, -0.1) is 0 Å². The van der Waals surface area contributed by atoms with Crippen molar-refractivity contribution in [3.8, 4) is 0 Å². The Labute approximate surface area is 129 Å². The zero-order chi connectivity index (χ0) is 15.1. The first-order chi connectivity index (χ1) is 9.40. The summed E-state index contributed by atoms with van der Waals surface area (Å²) in [5.74, 6) is 1.39. The lowest BCUT2D eigenvalue weighted by Gasteiger charge is -2.22. The van der Waals surface area contributed by atoms with E-state index in [1.54, 1.807) is 0 Å². The van der Waals surface area contributed by atoms with Crippen LogP contribution in [0, 0.1) is 11.8 Å². The fourth-order valence-electron chi connectivity index (χ4n) is 2.05. The minimum absolute atomic E-state index is 0.673. The van der Waals surface area contributed by atoms with E-state index in [-0.39, 0.29) is 0 Å². The van der Waals surface area contributed by atoms with E-state index in [2.05, 4.69) is 63.2 Å². The Morgan fingerprint density at radius 3 is 2.40 bits per heavy atom. The molecule has 0 aliphatic rings. The van der Waals surface area contributed by atoms with Crippen LogP contribution in [0.2, 0.25) is 5.02 Å². The first-order valence-electron chi connectivity index (χ1n) is 7.60. The van der Waals surface area contributed by atoms with Crippen molar-refractivity contribution in [1.29, 1.82) is 0 Å². The predicted molar refractivity (Wildman–Crippen MR) is 90.7 cm³/mol. The van der Waals surface area contributed by atoms with Gasteiger partial charge in [-0.2, -0.15) is 0 Å². The van der Waals surface area contributed by atoms with Crippen molar-refractivity contribution in [2.24, 2.45) is 11.8 Å². The molecule has 0 aromatic heterocycles. The molecule has 114 valence electrons. The molecule has 1 aromatic rings. The molecule has 0 atom stereocenters. The van der Waals surface area contributed by atoms with Crippen LogP contribution in [-0.2, 0) is 6.54 Å². The number of nitrogens with one attached hydrogen (secondary N) is 1. The summed E-state index contributed by atoms with van der Waals surface area (Å²) in [4.78, 5) is 2.24. The standard InChI is InChI=1S/C17H29ClN2/c1-13(2)8-9-20(5)17-7-6-15(10-16(17)18)12-19-11-14(3)4/h6-7,10,13-14,19H,8-9,11-12H2,1-5H3. The molecule has 20 heavy (non-hydrogen) atoms. The molecule has 0 spiro atoms. The number of hydrogen-bond acceptors (Lipinski definition) is 2. The molecule has 0 fully saturated rings. The van der Waals surface area contributed by atoms with Crippen LogP contribution in [0.3, 0.4) is 0 Å². The summed E-state index contributed by atoms with van der Waals surface area (Å²) < 4.78 is 0. The summed E-state index contributed by atoms with van der Waals surface area (Å²) in [6.07, 6.45) is 1.19. The van der Waals surface area contributed by atoms with Gasteiger partial charge in [0.25, 0.3) is 0 Å². The van der Waals surface area contributed by atoms with Gasteiger partial charge in [-0.05, 0) is 42.5 Å². The predicted octanol–water partition coefficient (Wildman–Crippen LogP) is 4.57. The van der Waals surface area contributed by atoms with Crippen LogP contribution in [0.4, 0.5) is 5.69 Å². The van der Waals surface area contributed by atoms with Crippen LogP contribution in [0.25, 0.3) is 0 Å². The molecular formula is C17H29ClN2. The van der Waals surface area contributed by atoms with Crippen molar-refractivity contribution < 1.29 is 0 Å². The van der Waals surface area contributed by atoms with Gasteiger partial charge in [-0.25, -0.2) is 0 Å². The second kappa shape index (κ2) is 8.53. The van der Waals surface area contributed by atoms with Crippen LogP contribution in [-0.4, -0.2) is 20.1 Å². The maximum atomic E-state index is 6.41. The Bertz CT molecular complexity index is 402. The van der Waals surface area contributed by atoms with Crippen molar-refractivity contribution >= 4 is 17.3 Å². The number of nitrogens with zero attached hydrogens (tertiary/aromatic N) is 1. The average molecular weight is 297 g/mol. The third-order valence-corrected chi connectivity index (χ3v) is 3.65. The average Bonchev–Trinajstić information content (AvgIpc) is 2.35. The second-order valence-electron chi connectivity index (χ2n) is 6.41. The Morgan fingerprint density at radius 1 is 1.15 bits per heavy atom. The Morgan fingerprint density at radius 2 is 1.85 bits per heavy atom. The molecule has 0 heterocycles. The SMILES string of the molecule is CC(C)CCN(C)c1ccc(CNCC(C)C)cc1Cl. The maximum absolute atomic E-state index is 6.41. The highest BCUT2D eigenvalue weighted by Gasteiger charge is 2.08. The first-order valence-corrected chi connectivity index (χ1v) is 7.98. The number of hydrogen-bond donors (Lipinski definition) is 1. The highest BCUT2D eigenvalue weighted by atomic mass is 35.5. The van der Waals surface area contributed by atoms with E-state index < -0.39 is 0 Å². The van der Waals surface area contributed by atoms with Crippen LogP contribution in [0.15, 0.2) is 18.2 Å². The zero-order valence-corrected chi connectivity index (χ0v) is 14.3. The summed E-state index contributed by atoms with van der Waals surface area (Å²) >= 11 is 6.41. The van der Waals surface area contributed by atoms with E-state index in [0.717, 1.165) is 36.3 Å². The minimum Gasteiger partial charge on any atom is -0.373 e. The summed E-state index contributed by atoms with van der Waals surface area (Å²) in [5.41, 5.74) is 2.37. The molecule has 0 saturated heterocycles. The summed E-state index contributed by atoms with van der Waals surface area (Å²) in [7, 11) is 2.11. The largest absolute Gasteiger partial charge is 0.373 e. The van der Waals surface area contributed by atoms with Crippen LogP contribution >= 0.6 is 11.6 Å². The van der Waals surface area contributed by atoms with Gasteiger partial charge in [0.1, 0.15) is 0 Å². The van der Waals surface area contributed by atoms with Gasteiger partial charge in [0.2, 0.25) is 0 Å². The monoisotopic (exact) mass is 296 g/mol. The number of rotatable bonds is 8. The maximum Gasteiger partial charge on any atom is 0.0642 e. The lowest BCUT2D eigenvalue weighted by molar-refractivity contribution is 0.552. The van der Waals surface area contributed by atoms with E-state index in [9.17, 15) is 0 Å². The van der Waals surface area contributed by atoms with E-state index in [0.29, 0.717) is 5.92 Å².